The quantitative estimate of drug-likeness (QED) is 0.665. The predicted molar refractivity (Wildman–Crippen MR) is 80.8 cm³/mol. The number of hydrogen-bond donors (Lipinski definition) is 0. The number of aromatic nitrogens is 1. The van der Waals surface area contributed by atoms with Gasteiger partial charge in [0, 0.05) is 24.7 Å². The summed E-state index contributed by atoms with van der Waals surface area (Å²) in [6.07, 6.45) is 5.16. The van der Waals surface area contributed by atoms with Crippen LogP contribution in [0.2, 0.25) is 5.02 Å². The number of pyridine rings is 1. The van der Waals surface area contributed by atoms with E-state index in [0.717, 1.165) is 24.3 Å². The molecule has 1 heterocycles. The van der Waals surface area contributed by atoms with Gasteiger partial charge in [-0.1, -0.05) is 31.9 Å². The molecule has 2 nitrogen and oxygen atoms in total. The second-order valence-corrected chi connectivity index (χ2v) is 5.25. The molecule has 4 heteroatoms. The fourth-order valence-corrected chi connectivity index (χ4v) is 2.30. The summed E-state index contributed by atoms with van der Waals surface area (Å²) in [5.41, 5.74) is 0.952. The van der Waals surface area contributed by atoms with Gasteiger partial charge < -0.3 is 4.90 Å². The Bertz CT molecular complexity index is 369. The molecule has 0 saturated carbocycles. The highest BCUT2D eigenvalue weighted by Gasteiger charge is 2.15. The first-order valence-electron chi connectivity index (χ1n) is 6.61. The minimum atomic E-state index is 0.427. The number of nitrogens with zero attached hydrogens (tertiary/aromatic N) is 2. The van der Waals surface area contributed by atoms with E-state index in [1.54, 1.807) is 6.20 Å². The van der Waals surface area contributed by atoms with Crippen molar-refractivity contribution in [2.24, 2.45) is 0 Å². The third kappa shape index (κ3) is 4.03. The molecule has 0 spiro atoms. The van der Waals surface area contributed by atoms with E-state index in [9.17, 15) is 0 Å². The van der Waals surface area contributed by atoms with Crippen LogP contribution in [-0.2, 0) is 5.88 Å². The Morgan fingerprint density at radius 1 is 1.39 bits per heavy atom. The normalized spacial score (nSPS) is 12.5. The van der Waals surface area contributed by atoms with Crippen LogP contribution in [0.25, 0.3) is 0 Å². The summed E-state index contributed by atoms with van der Waals surface area (Å²) in [4.78, 5) is 6.79. The number of rotatable bonds is 7. The van der Waals surface area contributed by atoms with E-state index in [1.165, 1.54) is 12.8 Å². The molecule has 1 atom stereocenters. The zero-order chi connectivity index (χ0) is 13.5. The molecule has 102 valence electrons. The van der Waals surface area contributed by atoms with Crippen molar-refractivity contribution in [1.82, 2.24) is 4.98 Å². The minimum Gasteiger partial charge on any atom is -0.354 e. The molecule has 0 radical (unpaired) electrons. The standard InChI is InChI=1S/C14H22Cl2N2/c1-4-6-7-18(11(3)5-2)14-8-12(9-15)13(16)10-17-14/h8,10-11H,4-7,9H2,1-3H3. The monoisotopic (exact) mass is 288 g/mol. The molecule has 0 aliphatic heterocycles. The van der Waals surface area contributed by atoms with Crippen LogP contribution in [-0.4, -0.2) is 17.6 Å². The predicted octanol–water partition coefficient (Wildman–Crippen LogP) is 4.88. The van der Waals surface area contributed by atoms with E-state index < -0.39 is 0 Å². The first-order valence-corrected chi connectivity index (χ1v) is 7.52. The van der Waals surface area contributed by atoms with Crippen LogP contribution in [0.1, 0.15) is 45.6 Å². The average Bonchev–Trinajstić information content (AvgIpc) is 2.40. The molecule has 0 aromatic carbocycles. The molecular weight excluding hydrogens is 267 g/mol. The van der Waals surface area contributed by atoms with E-state index >= 15 is 0 Å². The van der Waals surface area contributed by atoms with Crippen molar-refractivity contribution in [1.29, 1.82) is 0 Å². The van der Waals surface area contributed by atoms with Gasteiger partial charge in [-0.25, -0.2) is 4.98 Å². The van der Waals surface area contributed by atoms with Crippen molar-refractivity contribution >= 4 is 29.0 Å². The van der Waals surface area contributed by atoms with E-state index in [0.29, 0.717) is 16.9 Å². The van der Waals surface area contributed by atoms with Crippen molar-refractivity contribution in [3.05, 3.63) is 22.8 Å². The van der Waals surface area contributed by atoms with Crippen molar-refractivity contribution < 1.29 is 0 Å². The molecule has 0 amide bonds. The molecule has 1 rings (SSSR count). The highest BCUT2D eigenvalue weighted by atomic mass is 35.5. The van der Waals surface area contributed by atoms with Gasteiger partial charge in [-0.15, -0.1) is 11.6 Å². The third-order valence-electron chi connectivity index (χ3n) is 3.23. The summed E-state index contributed by atoms with van der Waals surface area (Å²) in [6.45, 7) is 7.66. The number of hydrogen-bond acceptors (Lipinski definition) is 2. The van der Waals surface area contributed by atoms with Crippen molar-refractivity contribution in [2.75, 3.05) is 11.4 Å². The van der Waals surface area contributed by atoms with Crippen molar-refractivity contribution in [2.45, 2.75) is 52.0 Å². The van der Waals surface area contributed by atoms with Gasteiger partial charge in [-0.2, -0.15) is 0 Å². The topological polar surface area (TPSA) is 16.1 Å². The first-order chi connectivity index (χ1) is 8.63. The fraction of sp³-hybridized carbons (Fsp3) is 0.643. The zero-order valence-electron chi connectivity index (χ0n) is 11.4. The number of unbranched alkanes of at least 4 members (excludes halogenated alkanes) is 1. The Labute approximate surface area is 120 Å². The molecule has 0 saturated heterocycles. The largest absolute Gasteiger partial charge is 0.354 e. The van der Waals surface area contributed by atoms with Gasteiger partial charge in [0.1, 0.15) is 5.82 Å². The highest BCUT2D eigenvalue weighted by Crippen LogP contribution is 2.24. The molecule has 18 heavy (non-hydrogen) atoms. The molecule has 1 unspecified atom stereocenters. The van der Waals surface area contributed by atoms with Crippen LogP contribution in [0.3, 0.4) is 0 Å². The lowest BCUT2D eigenvalue weighted by Gasteiger charge is -2.30. The van der Waals surface area contributed by atoms with Gasteiger partial charge in [0.2, 0.25) is 0 Å². The van der Waals surface area contributed by atoms with Crippen molar-refractivity contribution in [3.8, 4) is 0 Å². The minimum absolute atomic E-state index is 0.427. The first kappa shape index (κ1) is 15.6. The zero-order valence-corrected chi connectivity index (χ0v) is 12.9. The Hall–Kier alpha value is -0.470. The molecular formula is C14H22Cl2N2. The highest BCUT2D eigenvalue weighted by molar-refractivity contribution is 6.32. The van der Waals surface area contributed by atoms with Crippen LogP contribution in [0, 0.1) is 0 Å². The Morgan fingerprint density at radius 3 is 2.67 bits per heavy atom. The number of alkyl halides is 1. The van der Waals surface area contributed by atoms with Gasteiger partial charge in [-0.05, 0) is 31.4 Å². The summed E-state index contributed by atoms with van der Waals surface area (Å²) in [6, 6.07) is 2.49. The van der Waals surface area contributed by atoms with Crippen LogP contribution >= 0.6 is 23.2 Å². The third-order valence-corrected chi connectivity index (χ3v) is 3.86. The SMILES string of the molecule is CCCCN(c1cc(CCl)c(Cl)cn1)C(C)CC. The van der Waals surface area contributed by atoms with Gasteiger partial charge in [0.05, 0.1) is 5.02 Å². The maximum absolute atomic E-state index is 6.05. The van der Waals surface area contributed by atoms with Crippen LogP contribution in [0.15, 0.2) is 12.3 Å². The second kappa shape index (κ2) is 7.85. The molecule has 0 aliphatic rings. The smallest absolute Gasteiger partial charge is 0.129 e. The van der Waals surface area contributed by atoms with E-state index in [1.807, 2.05) is 6.07 Å². The average molecular weight is 289 g/mol. The summed E-state index contributed by atoms with van der Waals surface area (Å²) in [5.74, 6) is 1.41. The lowest BCUT2D eigenvalue weighted by molar-refractivity contribution is 0.589. The van der Waals surface area contributed by atoms with Gasteiger partial charge in [0.15, 0.2) is 0 Å². The van der Waals surface area contributed by atoms with Crippen LogP contribution in [0.5, 0.6) is 0 Å². The Kier molecular flexibility index (Phi) is 6.80. The molecule has 0 bridgehead atoms. The maximum Gasteiger partial charge on any atom is 0.129 e. The Morgan fingerprint density at radius 2 is 2.11 bits per heavy atom. The Balaban J connectivity index is 2.96. The van der Waals surface area contributed by atoms with E-state index in [-0.39, 0.29) is 0 Å². The van der Waals surface area contributed by atoms with Gasteiger partial charge in [-0.3, -0.25) is 0 Å². The fourth-order valence-electron chi connectivity index (χ4n) is 1.84. The maximum atomic E-state index is 6.05. The summed E-state index contributed by atoms with van der Waals surface area (Å²) in [5, 5.41) is 0.647. The van der Waals surface area contributed by atoms with Gasteiger partial charge >= 0.3 is 0 Å². The molecule has 1 aromatic rings. The molecule has 1 aromatic heterocycles. The number of anilines is 1. The lowest BCUT2D eigenvalue weighted by atomic mass is 10.2. The second-order valence-electron chi connectivity index (χ2n) is 4.57. The molecule has 0 N–H and O–H groups in total. The summed E-state index contributed by atoms with van der Waals surface area (Å²) in [7, 11) is 0. The summed E-state index contributed by atoms with van der Waals surface area (Å²) >= 11 is 11.9. The number of halogens is 2. The van der Waals surface area contributed by atoms with Crippen LogP contribution in [0.4, 0.5) is 5.82 Å². The van der Waals surface area contributed by atoms with E-state index in [2.05, 4.69) is 30.7 Å². The molecule has 0 aliphatic carbocycles. The lowest BCUT2D eigenvalue weighted by Crippen LogP contribution is -2.34. The van der Waals surface area contributed by atoms with Crippen molar-refractivity contribution in [3.63, 3.8) is 0 Å². The molecule has 0 fully saturated rings. The summed E-state index contributed by atoms with van der Waals surface area (Å²) < 4.78 is 0. The van der Waals surface area contributed by atoms with Gasteiger partial charge in [0.25, 0.3) is 0 Å². The van der Waals surface area contributed by atoms with E-state index in [4.69, 9.17) is 23.2 Å². The van der Waals surface area contributed by atoms with Crippen LogP contribution < -0.4 is 4.90 Å².